The molecule has 1 heterocycles. The van der Waals surface area contributed by atoms with Gasteiger partial charge in [-0.2, -0.15) is 0 Å². The molecule has 0 saturated heterocycles. The Hall–Kier alpha value is -4.46. The maximum Gasteiger partial charge on any atom is 0.326 e. The van der Waals surface area contributed by atoms with Crippen molar-refractivity contribution in [3.63, 3.8) is 0 Å². The molecule has 3 amide bonds. The molecule has 0 aromatic heterocycles. The van der Waals surface area contributed by atoms with Crippen molar-refractivity contribution in [2.75, 3.05) is 10.2 Å². The number of carbonyl (C=O) groups excluding carboxylic acids is 3. The Balaban J connectivity index is 1.72. The average Bonchev–Trinajstić information content (AvgIpc) is 3.04. The van der Waals surface area contributed by atoms with E-state index < -0.39 is 24.0 Å². The van der Waals surface area contributed by atoms with Crippen LogP contribution in [-0.4, -0.2) is 34.8 Å². The zero-order chi connectivity index (χ0) is 27.2. The number of carboxylic acid groups (broad SMARTS) is 1. The van der Waals surface area contributed by atoms with Gasteiger partial charge in [-0.05, 0) is 41.7 Å². The molecule has 196 valence electrons. The lowest BCUT2D eigenvalue weighted by molar-refractivity contribution is -0.139. The van der Waals surface area contributed by atoms with E-state index in [4.69, 9.17) is 0 Å². The van der Waals surface area contributed by atoms with Gasteiger partial charge in [0.25, 0.3) is 5.91 Å². The summed E-state index contributed by atoms with van der Waals surface area (Å²) in [6, 6.07) is 21.8. The summed E-state index contributed by atoms with van der Waals surface area (Å²) in [7, 11) is 0. The van der Waals surface area contributed by atoms with E-state index >= 15 is 0 Å². The summed E-state index contributed by atoms with van der Waals surface area (Å²) in [5.74, 6) is -2.10. The maximum atomic E-state index is 13.8. The molecule has 0 fully saturated rings. The monoisotopic (exact) mass is 513 g/mol. The molecule has 1 aliphatic rings. The lowest BCUT2D eigenvalue weighted by atomic mass is 9.99. The van der Waals surface area contributed by atoms with Crippen LogP contribution in [-0.2, 0) is 20.8 Å². The smallest absolute Gasteiger partial charge is 0.326 e. The Kier molecular flexibility index (Phi) is 8.21. The largest absolute Gasteiger partial charge is 0.480 e. The fourth-order valence-electron chi connectivity index (χ4n) is 4.66. The number of nitrogens with zero attached hydrogens (tertiary/aromatic N) is 1. The van der Waals surface area contributed by atoms with Crippen LogP contribution < -0.4 is 15.5 Å². The molecular weight excluding hydrogens is 482 g/mol. The van der Waals surface area contributed by atoms with Gasteiger partial charge in [-0.3, -0.25) is 14.4 Å². The first-order valence-corrected chi connectivity index (χ1v) is 12.6. The second-order valence-corrected chi connectivity index (χ2v) is 9.83. The third-order valence-electron chi connectivity index (χ3n) is 6.44. The average molecular weight is 514 g/mol. The molecule has 3 aromatic carbocycles. The van der Waals surface area contributed by atoms with Crippen molar-refractivity contribution in [1.29, 1.82) is 0 Å². The molecule has 8 heteroatoms. The molecule has 2 atom stereocenters. The number of carboxylic acids is 1. The highest BCUT2D eigenvalue weighted by Gasteiger charge is 2.34. The van der Waals surface area contributed by atoms with Crippen LogP contribution in [0.25, 0.3) is 0 Å². The zero-order valence-corrected chi connectivity index (χ0v) is 21.4. The predicted molar refractivity (Wildman–Crippen MR) is 145 cm³/mol. The van der Waals surface area contributed by atoms with Crippen molar-refractivity contribution in [3.8, 4) is 0 Å². The minimum absolute atomic E-state index is 0.0379. The minimum Gasteiger partial charge on any atom is -0.480 e. The number of aliphatic carboxylic acids is 1. The van der Waals surface area contributed by atoms with Gasteiger partial charge in [0.05, 0.1) is 30.3 Å². The fraction of sp³-hybridized carbons (Fsp3) is 0.267. The lowest BCUT2D eigenvalue weighted by Gasteiger charge is -2.31. The standard InChI is InChI=1S/C30H31N3O5/c1-19(2)15-24(30(37)38)32-29(36)22-13-14-25-23(17-22)31-27(34)18-26(21-11-7-4-8-12-21)33(25)28(35)16-20-9-5-3-6-10-20/h3-14,17,19,24,26H,15-16,18H2,1-2H3,(H,31,34)(H,32,36)(H,37,38). The van der Waals surface area contributed by atoms with E-state index in [0.29, 0.717) is 11.4 Å². The lowest BCUT2D eigenvalue weighted by Crippen LogP contribution is -2.41. The third kappa shape index (κ3) is 6.26. The fourth-order valence-corrected chi connectivity index (χ4v) is 4.66. The number of nitrogens with one attached hydrogen (secondary N) is 2. The number of anilines is 2. The van der Waals surface area contributed by atoms with Crippen molar-refractivity contribution >= 4 is 35.1 Å². The van der Waals surface area contributed by atoms with Gasteiger partial charge in [-0.25, -0.2) is 4.79 Å². The topological polar surface area (TPSA) is 116 Å². The number of amides is 3. The Labute approximate surface area is 221 Å². The maximum absolute atomic E-state index is 13.8. The first kappa shape index (κ1) is 26.6. The molecule has 3 N–H and O–H groups in total. The Morgan fingerprint density at radius 1 is 1.00 bits per heavy atom. The molecule has 0 spiro atoms. The van der Waals surface area contributed by atoms with E-state index in [2.05, 4.69) is 10.6 Å². The minimum atomic E-state index is -1.11. The van der Waals surface area contributed by atoms with Gasteiger partial charge in [-0.15, -0.1) is 0 Å². The molecule has 3 aromatic rings. The SMILES string of the molecule is CC(C)CC(NC(=O)c1ccc2c(c1)NC(=O)CC(c1ccccc1)N2C(=O)Cc1ccccc1)C(=O)O. The van der Waals surface area contributed by atoms with Gasteiger partial charge in [-0.1, -0.05) is 74.5 Å². The van der Waals surface area contributed by atoms with E-state index in [1.807, 2.05) is 74.5 Å². The summed E-state index contributed by atoms with van der Waals surface area (Å²) in [4.78, 5) is 53.0. The molecular formula is C30H31N3O5. The highest BCUT2D eigenvalue weighted by atomic mass is 16.4. The number of rotatable bonds is 8. The van der Waals surface area contributed by atoms with Crippen molar-refractivity contribution in [1.82, 2.24) is 5.32 Å². The van der Waals surface area contributed by atoms with E-state index in [1.54, 1.807) is 17.0 Å². The second-order valence-electron chi connectivity index (χ2n) is 9.83. The Bertz CT molecular complexity index is 1320. The van der Waals surface area contributed by atoms with E-state index in [1.165, 1.54) is 6.07 Å². The van der Waals surface area contributed by atoms with Gasteiger partial charge in [0.1, 0.15) is 6.04 Å². The highest BCUT2D eigenvalue weighted by Crippen LogP contribution is 2.39. The normalized spacial score (nSPS) is 15.7. The first-order valence-electron chi connectivity index (χ1n) is 12.6. The van der Waals surface area contributed by atoms with Crippen LogP contribution in [0.1, 0.15) is 54.2 Å². The summed E-state index contributed by atoms with van der Waals surface area (Å²) >= 11 is 0. The van der Waals surface area contributed by atoms with E-state index in [9.17, 15) is 24.3 Å². The van der Waals surface area contributed by atoms with Crippen LogP contribution in [0.5, 0.6) is 0 Å². The van der Waals surface area contributed by atoms with Crippen LogP contribution in [0.4, 0.5) is 11.4 Å². The molecule has 2 unspecified atom stereocenters. The molecule has 8 nitrogen and oxygen atoms in total. The summed E-state index contributed by atoms with van der Waals surface area (Å²) in [5.41, 5.74) is 2.64. The van der Waals surface area contributed by atoms with Gasteiger partial charge < -0.3 is 20.6 Å². The summed E-state index contributed by atoms with van der Waals surface area (Å²) in [6.07, 6.45) is 0.453. The predicted octanol–water partition coefficient (Wildman–Crippen LogP) is 4.57. The molecule has 0 saturated carbocycles. The zero-order valence-electron chi connectivity index (χ0n) is 21.4. The van der Waals surface area contributed by atoms with E-state index in [0.717, 1.165) is 11.1 Å². The number of hydrogen-bond acceptors (Lipinski definition) is 4. The van der Waals surface area contributed by atoms with Crippen LogP contribution in [0, 0.1) is 5.92 Å². The number of hydrogen-bond donors (Lipinski definition) is 3. The van der Waals surface area contributed by atoms with Gasteiger partial charge in [0.2, 0.25) is 11.8 Å². The second kappa shape index (κ2) is 11.7. The molecule has 4 rings (SSSR count). The summed E-state index contributed by atoms with van der Waals surface area (Å²) in [6.45, 7) is 3.76. The van der Waals surface area contributed by atoms with Crippen molar-refractivity contribution in [3.05, 3.63) is 95.6 Å². The van der Waals surface area contributed by atoms with Gasteiger partial charge >= 0.3 is 5.97 Å². The van der Waals surface area contributed by atoms with Crippen molar-refractivity contribution in [2.45, 2.75) is 45.2 Å². The van der Waals surface area contributed by atoms with E-state index in [-0.39, 0.29) is 42.6 Å². The highest BCUT2D eigenvalue weighted by molar-refractivity contribution is 6.07. The van der Waals surface area contributed by atoms with Crippen LogP contribution in [0.3, 0.4) is 0 Å². The van der Waals surface area contributed by atoms with Crippen LogP contribution >= 0.6 is 0 Å². The Morgan fingerprint density at radius 3 is 2.29 bits per heavy atom. The molecule has 0 radical (unpaired) electrons. The third-order valence-corrected chi connectivity index (χ3v) is 6.44. The van der Waals surface area contributed by atoms with Crippen LogP contribution in [0.2, 0.25) is 0 Å². The van der Waals surface area contributed by atoms with Gasteiger partial charge in [0.15, 0.2) is 0 Å². The van der Waals surface area contributed by atoms with Crippen molar-refractivity contribution in [2.24, 2.45) is 5.92 Å². The number of benzene rings is 3. The van der Waals surface area contributed by atoms with Gasteiger partial charge in [0, 0.05) is 5.56 Å². The van der Waals surface area contributed by atoms with Crippen molar-refractivity contribution < 1.29 is 24.3 Å². The Morgan fingerprint density at radius 2 is 1.66 bits per heavy atom. The van der Waals surface area contributed by atoms with Crippen LogP contribution in [0.15, 0.2) is 78.9 Å². The molecule has 0 aliphatic carbocycles. The quantitative estimate of drug-likeness (QED) is 0.408. The summed E-state index contributed by atoms with van der Waals surface area (Å²) in [5, 5.41) is 14.9. The first-order chi connectivity index (χ1) is 18.2. The summed E-state index contributed by atoms with van der Waals surface area (Å²) < 4.78 is 0. The number of carbonyl (C=O) groups is 4. The number of fused-ring (bicyclic) bond motifs is 1. The molecule has 1 aliphatic heterocycles. The molecule has 38 heavy (non-hydrogen) atoms. The molecule has 0 bridgehead atoms.